The number of para-hydroxylation sites is 1. The quantitative estimate of drug-likeness (QED) is 0.389. The number of anilines is 1. The first-order valence-corrected chi connectivity index (χ1v) is 8.82. The van der Waals surface area contributed by atoms with Crippen LogP contribution in [0.2, 0.25) is 0 Å². The van der Waals surface area contributed by atoms with E-state index in [1.807, 2.05) is 24.3 Å². The predicted molar refractivity (Wildman–Crippen MR) is 96.8 cm³/mol. The fourth-order valence-corrected chi connectivity index (χ4v) is 3.15. The summed E-state index contributed by atoms with van der Waals surface area (Å²) in [7, 11) is 0. The first kappa shape index (κ1) is 19.2. The lowest BCUT2D eigenvalue weighted by atomic mass is 10.1. The molecule has 7 heteroatoms. The van der Waals surface area contributed by atoms with Crippen LogP contribution in [0.3, 0.4) is 0 Å². The zero-order valence-electron chi connectivity index (χ0n) is 14.5. The number of rotatable bonds is 9. The molecule has 138 valence electrons. The van der Waals surface area contributed by atoms with Gasteiger partial charge < -0.3 is 21.9 Å². The molecule has 2 unspecified atom stereocenters. The van der Waals surface area contributed by atoms with Crippen molar-refractivity contribution >= 4 is 17.6 Å². The summed E-state index contributed by atoms with van der Waals surface area (Å²) >= 11 is 0. The van der Waals surface area contributed by atoms with Gasteiger partial charge in [-0.1, -0.05) is 18.2 Å². The van der Waals surface area contributed by atoms with Crippen molar-refractivity contribution < 1.29 is 14.7 Å². The third kappa shape index (κ3) is 5.72. The van der Waals surface area contributed by atoms with E-state index in [4.69, 9.17) is 16.6 Å². The summed E-state index contributed by atoms with van der Waals surface area (Å²) in [5, 5.41) is 11.7. The number of nitrogens with zero attached hydrogens (tertiary/aromatic N) is 1. The van der Waals surface area contributed by atoms with Gasteiger partial charge in [0.05, 0.1) is 6.04 Å². The third-order valence-corrected chi connectivity index (χ3v) is 4.65. The fraction of sp³-hybridized carbons (Fsp3) is 0.556. The summed E-state index contributed by atoms with van der Waals surface area (Å²) in [4.78, 5) is 25.2. The molecule has 1 amide bonds. The first-order valence-electron chi connectivity index (χ1n) is 8.82. The molecule has 7 nitrogen and oxygen atoms in total. The van der Waals surface area contributed by atoms with Gasteiger partial charge in [0.25, 0.3) is 0 Å². The molecule has 25 heavy (non-hydrogen) atoms. The molecule has 2 atom stereocenters. The van der Waals surface area contributed by atoms with E-state index in [0.29, 0.717) is 25.9 Å². The van der Waals surface area contributed by atoms with Crippen molar-refractivity contribution in [2.24, 2.45) is 5.73 Å². The molecule has 0 aromatic heterocycles. The Morgan fingerprint density at radius 3 is 2.80 bits per heavy atom. The van der Waals surface area contributed by atoms with Gasteiger partial charge in [-0.05, 0) is 50.3 Å². The number of hydrogen-bond donors (Lipinski definition) is 4. The van der Waals surface area contributed by atoms with Gasteiger partial charge in [0, 0.05) is 18.8 Å². The van der Waals surface area contributed by atoms with Crippen LogP contribution in [0.1, 0.15) is 37.7 Å². The summed E-state index contributed by atoms with van der Waals surface area (Å²) in [5.74, 6) is -0.944. The Morgan fingerprint density at radius 2 is 2.08 bits per heavy atom. The number of unbranched alkanes of at least 4 members (excludes halogenated alkanes) is 1. The van der Waals surface area contributed by atoms with Crippen molar-refractivity contribution in [1.29, 1.82) is 0 Å². The number of nitrogen functional groups attached to an aromatic ring is 1. The molecule has 1 aromatic carbocycles. The molecule has 1 heterocycles. The number of nitrogens with two attached hydrogens (primary N) is 2. The van der Waals surface area contributed by atoms with Gasteiger partial charge in [0.1, 0.15) is 6.04 Å². The van der Waals surface area contributed by atoms with E-state index in [1.165, 1.54) is 0 Å². The van der Waals surface area contributed by atoms with Crippen molar-refractivity contribution in [2.45, 2.75) is 50.7 Å². The zero-order valence-corrected chi connectivity index (χ0v) is 14.5. The van der Waals surface area contributed by atoms with E-state index >= 15 is 0 Å². The molecule has 1 saturated heterocycles. The number of hydrogen-bond acceptors (Lipinski definition) is 5. The van der Waals surface area contributed by atoms with Gasteiger partial charge in [-0.3, -0.25) is 14.5 Å². The van der Waals surface area contributed by atoms with Crippen LogP contribution in [0.15, 0.2) is 24.3 Å². The number of amides is 1. The van der Waals surface area contributed by atoms with Gasteiger partial charge >= 0.3 is 5.97 Å². The average Bonchev–Trinajstić information content (AvgIpc) is 3.04. The minimum Gasteiger partial charge on any atom is -0.480 e. The highest BCUT2D eigenvalue weighted by Gasteiger charge is 2.30. The number of carbonyl (C=O) groups is 2. The first-order chi connectivity index (χ1) is 12.0. The second-order valence-corrected chi connectivity index (χ2v) is 6.56. The summed E-state index contributed by atoms with van der Waals surface area (Å²) in [5.41, 5.74) is 13.3. The largest absolute Gasteiger partial charge is 0.480 e. The van der Waals surface area contributed by atoms with Crippen molar-refractivity contribution in [2.75, 3.05) is 18.8 Å². The number of benzene rings is 1. The maximum absolute atomic E-state index is 12.4. The lowest BCUT2D eigenvalue weighted by Gasteiger charge is -2.24. The van der Waals surface area contributed by atoms with Crippen LogP contribution >= 0.6 is 0 Å². The van der Waals surface area contributed by atoms with Crippen molar-refractivity contribution in [1.82, 2.24) is 10.2 Å². The standard InChI is InChI=1S/C18H28N4O3/c19-14-7-2-1-6-13(14)12-22-11-5-9-16(22)17(23)21-10-4-3-8-15(20)18(24)25/h1-2,6-7,15-16H,3-5,8-12,19-20H2,(H,21,23)(H,24,25). The Hall–Kier alpha value is -2.12. The number of carboxylic acid groups (broad SMARTS) is 1. The Morgan fingerprint density at radius 1 is 1.32 bits per heavy atom. The molecular weight excluding hydrogens is 320 g/mol. The van der Waals surface area contributed by atoms with E-state index in [-0.39, 0.29) is 11.9 Å². The molecule has 0 saturated carbocycles. The Labute approximate surface area is 148 Å². The number of aliphatic carboxylic acids is 1. The van der Waals surface area contributed by atoms with Crippen LogP contribution in [-0.4, -0.2) is 47.1 Å². The Balaban J connectivity index is 1.75. The average molecular weight is 348 g/mol. The highest BCUT2D eigenvalue weighted by atomic mass is 16.4. The van der Waals surface area contributed by atoms with Crippen LogP contribution in [0, 0.1) is 0 Å². The maximum Gasteiger partial charge on any atom is 0.320 e. The minimum absolute atomic E-state index is 0.0366. The lowest BCUT2D eigenvalue weighted by Crippen LogP contribution is -2.43. The molecule has 2 rings (SSSR count). The van der Waals surface area contributed by atoms with Gasteiger partial charge in [0.2, 0.25) is 5.91 Å². The van der Waals surface area contributed by atoms with Gasteiger partial charge in [-0.15, -0.1) is 0 Å². The monoisotopic (exact) mass is 348 g/mol. The van der Waals surface area contributed by atoms with E-state index in [1.54, 1.807) is 0 Å². The number of nitrogens with one attached hydrogen (secondary N) is 1. The molecule has 0 radical (unpaired) electrons. The molecule has 0 spiro atoms. The molecular formula is C18H28N4O3. The van der Waals surface area contributed by atoms with Crippen LogP contribution in [0.25, 0.3) is 0 Å². The van der Waals surface area contributed by atoms with E-state index in [2.05, 4.69) is 10.2 Å². The molecule has 6 N–H and O–H groups in total. The highest BCUT2D eigenvalue weighted by molar-refractivity contribution is 5.82. The van der Waals surface area contributed by atoms with Gasteiger partial charge in [-0.2, -0.15) is 0 Å². The normalized spacial score (nSPS) is 18.8. The predicted octanol–water partition coefficient (Wildman–Crippen LogP) is 0.932. The van der Waals surface area contributed by atoms with Gasteiger partial charge in [0.15, 0.2) is 0 Å². The van der Waals surface area contributed by atoms with E-state index in [0.717, 1.165) is 37.1 Å². The summed E-state index contributed by atoms with van der Waals surface area (Å²) < 4.78 is 0. The molecule has 1 aliphatic heterocycles. The van der Waals surface area contributed by atoms with Crippen molar-refractivity contribution in [3.8, 4) is 0 Å². The Bertz CT molecular complexity index is 593. The fourth-order valence-electron chi connectivity index (χ4n) is 3.15. The summed E-state index contributed by atoms with van der Waals surface area (Å²) in [6, 6.07) is 6.79. The minimum atomic E-state index is -0.981. The van der Waals surface area contributed by atoms with E-state index in [9.17, 15) is 9.59 Å². The molecule has 0 bridgehead atoms. The van der Waals surface area contributed by atoms with Crippen LogP contribution in [-0.2, 0) is 16.1 Å². The second kappa shape index (κ2) is 9.39. The molecule has 1 aliphatic rings. The highest BCUT2D eigenvalue weighted by Crippen LogP contribution is 2.22. The molecule has 0 aliphatic carbocycles. The lowest BCUT2D eigenvalue weighted by molar-refractivity contribution is -0.138. The van der Waals surface area contributed by atoms with Crippen molar-refractivity contribution in [3.63, 3.8) is 0 Å². The van der Waals surface area contributed by atoms with Crippen molar-refractivity contribution in [3.05, 3.63) is 29.8 Å². The SMILES string of the molecule is Nc1ccccc1CN1CCCC1C(=O)NCCCCC(N)C(=O)O. The Kier molecular flexibility index (Phi) is 7.21. The maximum atomic E-state index is 12.4. The van der Waals surface area contributed by atoms with Crippen LogP contribution in [0.5, 0.6) is 0 Å². The molecule has 1 aromatic rings. The summed E-state index contributed by atoms with van der Waals surface area (Å²) in [6.45, 7) is 2.11. The second-order valence-electron chi connectivity index (χ2n) is 6.56. The third-order valence-electron chi connectivity index (χ3n) is 4.65. The smallest absolute Gasteiger partial charge is 0.320 e. The topological polar surface area (TPSA) is 122 Å². The number of likely N-dealkylation sites (tertiary alicyclic amines) is 1. The van der Waals surface area contributed by atoms with Gasteiger partial charge in [-0.25, -0.2) is 0 Å². The van der Waals surface area contributed by atoms with Crippen LogP contribution < -0.4 is 16.8 Å². The van der Waals surface area contributed by atoms with Crippen LogP contribution in [0.4, 0.5) is 5.69 Å². The number of carbonyl (C=O) groups excluding carboxylic acids is 1. The summed E-state index contributed by atoms with van der Waals surface area (Å²) in [6.07, 6.45) is 3.68. The van der Waals surface area contributed by atoms with E-state index < -0.39 is 12.0 Å². The zero-order chi connectivity index (χ0) is 18.2. The molecule has 1 fully saturated rings. The number of carboxylic acids is 1.